The third-order valence-electron chi connectivity index (χ3n) is 4.57. The molecule has 0 radical (unpaired) electrons. The summed E-state index contributed by atoms with van der Waals surface area (Å²) in [6.07, 6.45) is 9.07. The van der Waals surface area contributed by atoms with Gasteiger partial charge in [-0.2, -0.15) is 0 Å². The molecule has 1 aliphatic heterocycles. The minimum absolute atomic E-state index is 0.00897. The van der Waals surface area contributed by atoms with Crippen LogP contribution < -0.4 is 5.32 Å². The first-order valence-corrected chi connectivity index (χ1v) is 7.85. The number of allylic oxidation sites excluding steroid dienone is 2. The van der Waals surface area contributed by atoms with Crippen molar-refractivity contribution in [3.05, 3.63) is 12.2 Å². The lowest BCUT2D eigenvalue weighted by Crippen LogP contribution is -2.49. The molecule has 2 aliphatic rings. The lowest BCUT2D eigenvalue weighted by Gasteiger charge is -2.30. The summed E-state index contributed by atoms with van der Waals surface area (Å²) in [6, 6.07) is -0.339. The molecule has 0 aromatic heterocycles. The van der Waals surface area contributed by atoms with Gasteiger partial charge in [-0.05, 0) is 31.1 Å². The largest absolute Gasteiger partial charge is 0.344 e. The van der Waals surface area contributed by atoms with Gasteiger partial charge in [0.05, 0.1) is 0 Å². The van der Waals surface area contributed by atoms with E-state index in [0.717, 1.165) is 32.2 Å². The smallest absolute Gasteiger partial charge is 0.245 e. The number of hydrogen-bond acceptors (Lipinski definition) is 2. The number of nitrogens with zero attached hydrogens (tertiary/aromatic N) is 1. The zero-order chi connectivity index (χ0) is 14.5. The predicted molar refractivity (Wildman–Crippen MR) is 79.1 cm³/mol. The van der Waals surface area contributed by atoms with Gasteiger partial charge in [0.2, 0.25) is 11.8 Å². The fourth-order valence-electron chi connectivity index (χ4n) is 2.99. The number of carbonyl (C=O) groups is 2. The third-order valence-corrected chi connectivity index (χ3v) is 4.57. The summed E-state index contributed by atoms with van der Waals surface area (Å²) < 4.78 is 0. The van der Waals surface area contributed by atoms with Gasteiger partial charge in [-0.3, -0.25) is 9.59 Å². The maximum absolute atomic E-state index is 12.7. The van der Waals surface area contributed by atoms with E-state index in [1.165, 1.54) is 0 Å². The fraction of sp³-hybridized carbons (Fsp3) is 0.750. The van der Waals surface area contributed by atoms with Crippen LogP contribution in [0.25, 0.3) is 0 Å². The second kappa shape index (κ2) is 6.91. The molecule has 1 fully saturated rings. The first-order chi connectivity index (χ1) is 9.61. The molecule has 0 aromatic carbocycles. The van der Waals surface area contributed by atoms with Crippen molar-refractivity contribution in [2.75, 3.05) is 13.1 Å². The lowest BCUT2D eigenvalue weighted by atomic mass is 9.93. The molecule has 1 N–H and O–H groups in total. The van der Waals surface area contributed by atoms with Crippen molar-refractivity contribution < 1.29 is 9.59 Å². The highest BCUT2D eigenvalue weighted by Crippen LogP contribution is 2.21. The van der Waals surface area contributed by atoms with Crippen LogP contribution in [0.3, 0.4) is 0 Å². The zero-order valence-electron chi connectivity index (χ0n) is 12.6. The van der Waals surface area contributed by atoms with Gasteiger partial charge in [0.1, 0.15) is 6.04 Å². The van der Waals surface area contributed by atoms with E-state index in [1.54, 1.807) is 0 Å². The van der Waals surface area contributed by atoms with Crippen LogP contribution in [-0.4, -0.2) is 35.8 Å². The van der Waals surface area contributed by atoms with Gasteiger partial charge in [0, 0.05) is 19.5 Å². The Morgan fingerprint density at radius 3 is 2.85 bits per heavy atom. The third kappa shape index (κ3) is 3.62. The highest BCUT2D eigenvalue weighted by atomic mass is 16.2. The molecule has 2 amide bonds. The number of carbonyl (C=O) groups excluding carboxylic acids is 2. The van der Waals surface area contributed by atoms with Gasteiger partial charge in [0.25, 0.3) is 0 Å². The predicted octanol–water partition coefficient (Wildman–Crippen LogP) is 2.11. The summed E-state index contributed by atoms with van der Waals surface area (Å²) in [5.74, 6) is 0.863. The zero-order valence-corrected chi connectivity index (χ0v) is 12.6. The Kier molecular flexibility index (Phi) is 5.21. The highest BCUT2D eigenvalue weighted by Gasteiger charge is 2.33. The lowest BCUT2D eigenvalue weighted by molar-refractivity contribution is -0.135. The minimum atomic E-state index is -0.339. The highest BCUT2D eigenvalue weighted by molar-refractivity contribution is 5.90. The SMILES string of the molecule is CCC(C)C1NC(=O)CCN(CC2CC=CCC2)C1=O. The second-order valence-corrected chi connectivity index (χ2v) is 6.12. The summed E-state index contributed by atoms with van der Waals surface area (Å²) in [7, 11) is 0. The van der Waals surface area contributed by atoms with Crippen LogP contribution in [0.4, 0.5) is 0 Å². The summed E-state index contributed by atoms with van der Waals surface area (Å²) >= 11 is 0. The van der Waals surface area contributed by atoms with Crippen LogP contribution in [0.5, 0.6) is 0 Å². The molecule has 112 valence electrons. The molecule has 0 aromatic rings. The molecule has 3 unspecified atom stereocenters. The minimum Gasteiger partial charge on any atom is -0.344 e. The van der Waals surface area contributed by atoms with Crippen LogP contribution in [0.1, 0.15) is 46.0 Å². The van der Waals surface area contributed by atoms with E-state index >= 15 is 0 Å². The van der Waals surface area contributed by atoms with E-state index in [2.05, 4.69) is 24.4 Å². The van der Waals surface area contributed by atoms with E-state index in [1.807, 2.05) is 11.8 Å². The van der Waals surface area contributed by atoms with Crippen LogP contribution in [-0.2, 0) is 9.59 Å². The molecule has 3 atom stereocenters. The van der Waals surface area contributed by atoms with Crippen molar-refractivity contribution in [1.82, 2.24) is 10.2 Å². The Hall–Kier alpha value is -1.32. The van der Waals surface area contributed by atoms with Crippen molar-refractivity contribution in [3.63, 3.8) is 0 Å². The Morgan fingerprint density at radius 1 is 1.40 bits per heavy atom. The van der Waals surface area contributed by atoms with Gasteiger partial charge in [-0.1, -0.05) is 32.4 Å². The quantitative estimate of drug-likeness (QED) is 0.801. The summed E-state index contributed by atoms with van der Waals surface area (Å²) in [5.41, 5.74) is 0. The van der Waals surface area contributed by atoms with Gasteiger partial charge >= 0.3 is 0 Å². The van der Waals surface area contributed by atoms with E-state index in [9.17, 15) is 9.59 Å². The Bertz CT molecular complexity index is 392. The normalized spacial score (nSPS) is 29.0. The summed E-state index contributed by atoms with van der Waals surface area (Å²) in [4.78, 5) is 26.4. The Balaban J connectivity index is 2.04. The standard InChI is InChI=1S/C16H26N2O2/c1-3-12(2)15-16(20)18(10-9-14(19)17-15)11-13-7-5-4-6-8-13/h4-5,12-13,15H,3,6-11H2,1-2H3,(H,17,19). The van der Waals surface area contributed by atoms with E-state index in [0.29, 0.717) is 18.9 Å². The van der Waals surface area contributed by atoms with E-state index in [-0.39, 0.29) is 23.8 Å². The van der Waals surface area contributed by atoms with E-state index < -0.39 is 0 Å². The van der Waals surface area contributed by atoms with Crippen molar-refractivity contribution in [2.24, 2.45) is 11.8 Å². The van der Waals surface area contributed by atoms with Gasteiger partial charge in [-0.25, -0.2) is 0 Å². The van der Waals surface area contributed by atoms with Gasteiger partial charge in [0.15, 0.2) is 0 Å². The van der Waals surface area contributed by atoms with Crippen LogP contribution in [0, 0.1) is 11.8 Å². The molecule has 0 saturated carbocycles. The molecular weight excluding hydrogens is 252 g/mol. The fourth-order valence-corrected chi connectivity index (χ4v) is 2.99. The molecule has 4 nitrogen and oxygen atoms in total. The molecule has 4 heteroatoms. The maximum Gasteiger partial charge on any atom is 0.245 e. The average molecular weight is 278 g/mol. The maximum atomic E-state index is 12.7. The molecule has 2 rings (SSSR count). The molecule has 1 saturated heterocycles. The van der Waals surface area contributed by atoms with Gasteiger partial charge in [-0.15, -0.1) is 0 Å². The van der Waals surface area contributed by atoms with Gasteiger partial charge < -0.3 is 10.2 Å². The second-order valence-electron chi connectivity index (χ2n) is 6.12. The molecular formula is C16H26N2O2. The van der Waals surface area contributed by atoms with Crippen LogP contribution in [0.15, 0.2) is 12.2 Å². The van der Waals surface area contributed by atoms with Crippen molar-refractivity contribution in [1.29, 1.82) is 0 Å². The number of rotatable bonds is 4. The van der Waals surface area contributed by atoms with Crippen LogP contribution >= 0.6 is 0 Å². The Labute approximate surface area is 121 Å². The average Bonchev–Trinajstić information content (AvgIpc) is 2.61. The van der Waals surface area contributed by atoms with Crippen LogP contribution in [0.2, 0.25) is 0 Å². The molecule has 1 aliphatic carbocycles. The first kappa shape index (κ1) is 15.1. The summed E-state index contributed by atoms with van der Waals surface area (Å²) in [5, 5.41) is 2.90. The number of nitrogens with one attached hydrogen (secondary N) is 1. The summed E-state index contributed by atoms with van der Waals surface area (Å²) in [6.45, 7) is 5.46. The van der Waals surface area contributed by atoms with Crippen molar-refractivity contribution in [2.45, 2.75) is 52.0 Å². The van der Waals surface area contributed by atoms with E-state index in [4.69, 9.17) is 0 Å². The number of amides is 2. The number of hydrogen-bond donors (Lipinski definition) is 1. The van der Waals surface area contributed by atoms with Crippen molar-refractivity contribution in [3.8, 4) is 0 Å². The topological polar surface area (TPSA) is 49.4 Å². The molecule has 1 heterocycles. The monoisotopic (exact) mass is 278 g/mol. The molecule has 0 spiro atoms. The molecule has 0 bridgehead atoms. The Morgan fingerprint density at radius 2 is 2.20 bits per heavy atom. The molecule has 20 heavy (non-hydrogen) atoms. The first-order valence-electron chi connectivity index (χ1n) is 7.85. The van der Waals surface area contributed by atoms with Crippen molar-refractivity contribution >= 4 is 11.8 Å².